The van der Waals surface area contributed by atoms with E-state index in [0.29, 0.717) is 12.2 Å². The maximum absolute atomic E-state index is 12.8. The number of benzene rings is 1. The summed E-state index contributed by atoms with van der Waals surface area (Å²) in [5.74, 6) is 0.590. The first-order chi connectivity index (χ1) is 15.2. The smallest absolute Gasteiger partial charge is 0.271 e. The fourth-order valence-electron chi connectivity index (χ4n) is 3.83. The van der Waals surface area contributed by atoms with Crippen LogP contribution < -0.4 is 15.0 Å². The molecule has 2 aromatic heterocycles. The predicted octanol–water partition coefficient (Wildman–Crippen LogP) is 3.07. The van der Waals surface area contributed by atoms with Gasteiger partial charge in [-0.15, -0.1) is 0 Å². The minimum absolute atomic E-state index is 0.145. The van der Waals surface area contributed by atoms with Gasteiger partial charge < -0.3 is 15.0 Å². The maximum atomic E-state index is 12.8. The molecular formula is C23H27N5O2S. The number of piperazine rings is 1. The molecule has 3 aromatic rings. The van der Waals surface area contributed by atoms with Crippen molar-refractivity contribution in [3.63, 3.8) is 0 Å². The topological polar surface area (TPSA) is 70.6 Å². The van der Waals surface area contributed by atoms with Gasteiger partial charge in [0.2, 0.25) is 0 Å². The molecule has 0 saturated carbocycles. The van der Waals surface area contributed by atoms with E-state index in [1.165, 1.54) is 17.2 Å². The summed E-state index contributed by atoms with van der Waals surface area (Å²) in [6.45, 7) is 7.33. The zero-order chi connectivity index (χ0) is 21.6. The van der Waals surface area contributed by atoms with Gasteiger partial charge in [0.15, 0.2) is 0 Å². The average Bonchev–Trinajstić information content (AvgIpc) is 3.29. The van der Waals surface area contributed by atoms with Gasteiger partial charge in [0.05, 0.1) is 7.11 Å². The molecule has 1 saturated heterocycles. The van der Waals surface area contributed by atoms with Crippen molar-refractivity contribution >= 4 is 23.1 Å². The first-order valence-corrected chi connectivity index (χ1v) is 11.3. The Morgan fingerprint density at radius 3 is 2.74 bits per heavy atom. The fraction of sp³-hybridized carbons (Fsp3) is 0.348. The van der Waals surface area contributed by atoms with Gasteiger partial charge in [-0.2, -0.15) is 4.37 Å². The molecule has 4 rings (SSSR count). The molecule has 3 heterocycles. The number of nitrogens with one attached hydrogen (secondary N) is 1. The Labute approximate surface area is 186 Å². The van der Waals surface area contributed by atoms with E-state index >= 15 is 0 Å². The third-order valence-electron chi connectivity index (χ3n) is 5.51. The number of aromatic nitrogens is 2. The van der Waals surface area contributed by atoms with Crippen LogP contribution in [0.15, 0.2) is 48.0 Å². The molecule has 1 N–H and O–H groups in total. The highest BCUT2D eigenvalue weighted by Gasteiger charge is 2.20. The van der Waals surface area contributed by atoms with Gasteiger partial charge in [-0.1, -0.05) is 18.2 Å². The van der Waals surface area contributed by atoms with Gasteiger partial charge in [0.25, 0.3) is 5.91 Å². The number of amides is 1. The highest BCUT2D eigenvalue weighted by molar-refractivity contribution is 7.04. The lowest BCUT2D eigenvalue weighted by molar-refractivity contribution is 0.0944. The quantitative estimate of drug-likeness (QED) is 0.613. The Kier molecular flexibility index (Phi) is 6.79. The number of anilines is 1. The number of ether oxygens (including phenoxy) is 1. The second-order valence-electron chi connectivity index (χ2n) is 7.52. The zero-order valence-electron chi connectivity index (χ0n) is 17.9. The van der Waals surface area contributed by atoms with Crippen molar-refractivity contribution in [1.82, 2.24) is 19.6 Å². The van der Waals surface area contributed by atoms with Gasteiger partial charge in [0.1, 0.15) is 11.4 Å². The number of nitrogens with zero attached hydrogens (tertiary/aromatic N) is 4. The summed E-state index contributed by atoms with van der Waals surface area (Å²) >= 11 is 1.28. The third kappa shape index (κ3) is 5.03. The van der Waals surface area contributed by atoms with Gasteiger partial charge in [0, 0.05) is 73.4 Å². The molecule has 0 atom stereocenters. The van der Waals surface area contributed by atoms with E-state index in [1.807, 2.05) is 42.8 Å². The van der Waals surface area contributed by atoms with Gasteiger partial charge in [-0.05, 0) is 36.7 Å². The predicted molar refractivity (Wildman–Crippen MR) is 124 cm³/mol. The van der Waals surface area contributed by atoms with Crippen LogP contribution in [0.5, 0.6) is 5.75 Å². The van der Waals surface area contributed by atoms with Crippen LogP contribution in [-0.4, -0.2) is 66.5 Å². The molecule has 0 unspecified atom stereocenters. The van der Waals surface area contributed by atoms with Crippen LogP contribution in [0.25, 0.3) is 11.1 Å². The molecule has 1 amide bonds. The molecule has 0 spiro atoms. The number of aryl methyl sites for hydroxylation is 1. The highest BCUT2D eigenvalue weighted by Crippen LogP contribution is 2.32. The number of methoxy groups -OCH3 is 1. The van der Waals surface area contributed by atoms with Crippen LogP contribution in [0.3, 0.4) is 0 Å². The molecule has 162 valence electrons. The third-order valence-corrected chi connectivity index (χ3v) is 6.14. The van der Waals surface area contributed by atoms with E-state index in [1.54, 1.807) is 7.11 Å². The van der Waals surface area contributed by atoms with Gasteiger partial charge in [-0.3, -0.25) is 14.7 Å². The molecule has 7 nitrogen and oxygen atoms in total. The van der Waals surface area contributed by atoms with Crippen molar-refractivity contribution in [2.75, 3.05) is 51.3 Å². The molecule has 1 fully saturated rings. The van der Waals surface area contributed by atoms with Gasteiger partial charge >= 0.3 is 0 Å². The summed E-state index contributed by atoms with van der Waals surface area (Å²) in [5.41, 5.74) is 4.41. The van der Waals surface area contributed by atoms with E-state index in [0.717, 1.165) is 55.3 Å². The lowest BCUT2D eigenvalue weighted by Crippen LogP contribution is -2.48. The Balaban J connectivity index is 1.29. The summed E-state index contributed by atoms with van der Waals surface area (Å²) in [6.07, 6.45) is 1.87. The SMILES string of the molecule is COc1ccccc1-c1csnc1C(=O)NCCN1CCN(c2ccnc(C)c2)CC1. The van der Waals surface area contributed by atoms with Crippen molar-refractivity contribution in [2.45, 2.75) is 6.92 Å². The molecule has 0 bridgehead atoms. The normalized spacial score (nSPS) is 14.5. The zero-order valence-corrected chi connectivity index (χ0v) is 18.7. The van der Waals surface area contributed by atoms with Crippen molar-refractivity contribution in [3.8, 4) is 16.9 Å². The molecule has 1 aliphatic rings. The van der Waals surface area contributed by atoms with Gasteiger partial charge in [-0.25, -0.2) is 0 Å². The summed E-state index contributed by atoms with van der Waals surface area (Å²) in [7, 11) is 1.63. The van der Waals surface area contributed by atoms with Crippen LogP contribution >= 0.6 is 11.5 Å². The molecule has 0 aliphatic carbocycles. The van der Waals surface area contributed by atoms with Crippen LogP contribution in [0.2, 0.25) is 0 Å². The lowest BCUT2D eigenvalue weighted by Gasteiger charge is -2.36. The highest BCUT2D eigenvalue weighted by atomic mass is 32.1. The van der Waals surface area contributed by atoms with Crippen molar-refractivity contribution in [1.29, 1.82) is 0 Å². The van der Waals surface area contributed by atoms with Crippen molar-refractivity contribution < 1.29 is 9.53 Å². The minimum atomic E-state index is -0.145. The number of para-hydroxylation sites is 1. The number of pyridine rings is 1. The average molecular weight is 438 g/mol. The van der Waals surface area contributed by atoms with E-state index in [4.69, 9.17) is 4.74 Å². The lowest BCUT2D eigenvalue weighted by atomic mass is 10.1. The molecular weight excluding hydrogens is 410 g/mol. The number of hydrogen-bond acceptors (Lipinski definition) is 7. The fourth-order valence-corrected chi connectivity index (χ4v) is 4.51. The maximum Gasteiger partial charge on any atom is 0.271 e. The second-order valence-corrected chi connectivity index (χ2v) is 8.15. The number of hydrogen-bond donors (Lipinski definition) is 1. The molecule has 8 heteroatoms. The monoisotopic (exact) mass is 437 g/mol. The Bertz CT molecular complexity index is 1030. The largest absolute Gasteiger partial charge is 0.496 e. The van der Waals surface area contributed by atoms with Crippen LogP contribution in [-0.2, 0) is 0 Å². The number of carbonyl (C=O) groups excluding carboxylic acids is 1. The number of carbonyl (C=O) groups is 1. The van der Waals surface area contributed by atoms with Crippen LogP contribution in [0, 0.1) is 6.92 Å². The molecule has 0 radical (unpaired) electrons. The molecule has 31 heavy (non-hydrogen) atoms. The summed E-state index contributed by atoms with van der Waals surface area (Å²) < 4.78 is 9.78. The first kappa shape index (κ1) is 21.3. The standard InChI is InChI=1S/C23H27N5O2S/c1-17-15-18(7-8-24-17)28-13-11-27(12-14-28)10-9-25-23(29)22-20(16-31-26-22)19-5-3-4-6-21(19)30-2/h3-8,15-16H,9-14H2,1-2H3,(H,25,29). The second kappa shape index (κ2) is 9.89. The number of rotatable bonds is 7. The Morgan fingerprint density at radius 2 is 1.97 bits per heavy atom. The summed E-state index contributed by atoms with van der Waals surface area (Å²) in [4.78, 5) is 21.8. The summed E-state index contributed by atoms with van der Waals surface area (Å²) in [6, 6.07) is 11.9. The van der Waals surface area contributed by atoms with E-state index in [9.17, 15) is 4.79 Å². The van der Waals surface area contributed by atoms with Crippen molar-refractivity contribution in [3.05, 3.63) is 59.4 Å². The van der Waals surface area contributed by atoms with E-state index < -0.39 is 0 Å². The van der Waals surface area contributed by atoms with Crippen LogP contribution in [0.1, 0.15) is 16.2 Å². The first-order valence-electron chi connectivity index (χ1n) is 10.4. The Morgan fingerprint density at radius 1 is 1.16 bits per heavy atom. The molecule has 1 aromatic carbocycles. The minimum Gasteiger partial charge on any atom is -0.496 e. The van der Waals surface area contributed by atoms with E-state index in [2.05, 4.69) is 36.6 Å². The van der Waals surface area contributed by atoms with Crippen LogP contribution in [0.4, 0.5) is 5.69 Å². The summed E-state index contributed by atoms with van der Waals surface area (Å²) in [5, 5.41) is 4.93. The molecule has 1 aliphatic heterocycles. The van der Waals surface area contributed by atoms with E-state index in [-0.39, 0.29) is 5.91 Å². The Hall–Kier alpha value is -2.97. The van der Waals surface area contributed by atoms with Crippen molar-refractivity contribution in [2.24, 2.45) is 0 Å².